The summed E-state index contributed by atoms with van der Waals surface area (Å²) >= 11 is 0. The minimum Gasteiger partial charge on any atom is -0.383 e. The molecule has 0 aliphatic carbocycles. The van der Waals surface area contributed by atoms with Crippen molar-refractivity contribution in [2.45, 2.75) is 50.6 Å². The average molecular weight is 553 g/mol. The predicted molar refractivity (Wildman–Crippen MR) is 145 cm³/mol. The Balaban J connectivity index is 1.26. The number of nitrogen functional groups attached to an aromatic ring is 1. The molecule has 13 heteroatoms. The number of carbonyl (C=O) groups is 2. The second-order valence-electron chi connectivity index (χ2n) is 10.5. The van der Waals surface area contributed by atoms with Gasteiger partial charge in [-0.2, -0.15) is 19.1 Å². The van der Waals surface area contributed by atoms with E-state index in [0.717, 1.165) is 12.8 Å². The number of rotatable bonds is 5. The first-order valence-electron chi connectivity index (χ1n) is 13.3. The molecule has 1 unspecified atom stereocenters. The molecule has 2 saturated heterocycles. The minimum absolute atomic E-state index is 0.00981. The lowest BCUT2D eigenvalue weighted by Crippen LogP contribution is -2.46. The number of aromatic nitrogens is 8. The van der Waals surface area contributed by atoms with Crippen molar-refractivity contribution in [1.29, 1.82) is 0 Å². The van der Waals surface area contributed by atoms with Gasteiger partial charge in [0.25, 0.3) is 5.91 Å². The Hall–Kier alpha value is -5.07. The summed E-state index contributed by atoms with van der Waals surface area (Å²) in [6.07, 6.45) is 9.00. The van der Waals surface area contributed by atoms with Crippen molar-refractivity contribution in [3.63, 3.8) is 0 Å². The maximum Gasteiger partial charge on any atom is 0.291 e. The van der Waals surface area contributed by atoms with E-state index in [4.69, 9.17) is 10.7 Å². The number of anilines is 1. The number of pyridine rings is 2. The Morgan fingerprint density at radius 2 is 1.85 bits per heavy atom. The number of hydrogen-bond donors (Lipinski definition) is 2. The topological polar surface area (TPSA) is 161 Å². The summed E-state index contributed by atoms with van der Waals surface area (Å²) in [5.41, 5.74) is 10.2. The Morgan fingerprint density at radius 1 is 1.05 bits per heavy atom. The Morgan fingerprint density at radius 3 is 2.51 bits per heavy atom. The van der Waals surface area contributed by atoms with Crippen LogP contribution in [0.1, 0.15) is 65.2 Å². The fraction of sp³-hybridized carbons (Fsp3) is 0.286. The van der Waals surface area contributed by atoms with Crippen molar-refractivity contribution in [1.82, 2.24) is 44.6 Å². The summed E-state index contributed by atoms with van der Waals surface area (Å²) < 4.78 is 15.7. The first-order chi connectivity index (χ1) is 19.9. The number of H-pyrrole nitrogens is 1. The number of amides is 1. The number of fused-ring (bicyclic) bond motifs is 3. The molecule has 0 radical (unpaired) electrons. The number of nitrogens with zero attached hydrogens (tertiary/aromatic N) is 8. The molecule has 3 N–H and O–H groups in total. The van der Waals surface area contributed by atoms with Gasteiger partial charge in [-0.1, -0.05) is 6.07 Å². The summed E-state index contributed by atoms with van der Waals surface area (Å²) in [4.78, 5) is 45.1. The number of Topliss-reactive ketones (excluding diaryl/α,β-unsaturated/α-hetero) is 1. The second-order valence-corrected chi connectivity index (χ2v) is 10.5. The molecule has 7 heterocycles. The van der Waals surface area contributed by atoms with Crippen molar-refractivity contribution >= 4 is 23.2 Å². The molecule has 206 valence electrons. The van der Waals surface area contributed by atoms with Crippen LogP contribution in [-0.4, -0.2) is 68.4 Å². The molecule has 41 heavy (non-hydrogen) atoms. The quantitative estimate of drug-likeness (QED) is 0.246. The number of carbonyl (C=O) groups excluding carboxylic acids is 2. The number of nitrogens with two attached hydrogens (primary N) is 1. The SMILES string of the molecule is CC(=O)c1c(C2C[C@H]3CC[C@@H](C2)N3C(=O)c2ncn[nH]2)nc2c(-c3ccc(-c4cccnc4F)nc3)cnn2c1N. The molecule has 5 aromatic rings. The monoisotopic (exact) mass is 552 g/mol. The summed E-state index contributed by atoms with van der Waals surface area (Å²) in [6, 6.07) is 6.78. The summed E-state index contributed by atoms with van der Waals surface area (Å²) in [5, 5.41) is 10.9. The standard InChI is InChI=1S/C28H25FN10O2/c1-14(40)22-23(16-9-17-5-6-18(10-16)38(17)28(41)26-33-13-34-37-26)36-27-20(12-35-39(27)25(22)30)15-4-7-21(32-11-15)19-3-2-8-31-24(19)29/h2-4,7-8,11-13,16-18H,5-6,9-10,30H2,1H3,(H,33,34,37)/t16?,17-,18+. The number of nitrogens with one attached hydrogen (secondary N) is 1. The zero-order chi connectivity index (χ0) is 28.2. The predicted octanol–water partition coefficient (Wildman–Crippen LogP) is 3.45. The minimum atomic E-state index is -0.595. The maximum absolute atomic E-state index is 14.2. The van der Waals surface area contributed by atoms with Crippen LogP contribution in [0.3, 0.4) is 0 Å². The molecule has 3 atom stereocenters. The highest BCUT2D eigenvalue weighted by Crippen LogP contribution is 2.45. The molecular weight excluding hydrogens is 527 g/mol. The first-order valence-corrected chi connectivity index (χ1v) is 13.3. The van der Waals surface area contributed by atoms with E-state index in [2.05, 4.69) is 30.2 Å². The molecule has 2 bridgehead atoms. The van der Waals surface area contributed by atoms with Crippen molar-refractivity contribution < 1.29 is 14.0 Å². The van der Waals surface area contributed by atoms with Crippen LogP contribution in [0.2, 0.25) is 0 Å². The zero-order valence-electron chi connectivity index (χ0n) is 22.0. The number of piperidine rings is 1. The second kappa shape index (κ2) is 9.54. The molecule has 2 aliphatic heterocycles. The number of aromatic amines is 1. The van der Waals surface area contributed by atoms with Gasteiger partial charge in [-0.3, -0.25) is 19.7 Å². The average Bonchev–Trinajstić information content (AvgIpc) is 3.71. The van der Waals surface area contributed by atoms with Gasteiger partial charge in [0, 0.05) is 41.5 Å². The third kappa shape index (κ3) is 4.03. The van der Waals surface area contributed by atoms with Crippen LogP contribution in [0, 0.1) is 5.95 Å². The molecule has 7 rings (SSSR count). The van der Waals surface area contributed by atoms with Gasteiger partial charge in [0.15, 0.2) is 11.4 Å². The zero-order valence-corrected chi connectivity index (χ0v) is 22.0. The van der Waals surface area contributed by atoms with Crippen LogP contribution < -0.4 is 5.73 Å². The molecule has 0 aromatic carbocycles. The maximum atomic E-state index is 14.2. The van der Waals surface area contributed by atoms with Crippen molar-refractivity contribution in [3.8, 4) is 22.4 Å². The molecule has 12 nitrogen and oxygen atoms in total. The number of ketones is 1. The Bertz CT molecular complexity index is 1790. The van der Waals surface area contributed by atoms with E-state index in [0.29, 0.717) is 52.1 Å². The lowest BCUT2D eigenvalue weighted by molar-refractivity contribution is 0.0556. The van der Waals surface area contributed by atoms with Crippen LogP contribution in [0.25, 0.3) is 28.0 Å². The van der Waals surface area contributed by atoms with E-state index in [1.807, 2.05) is 11.0 Å². The Labute approximate surface area is 232 Å². The molecule has 2 aliphatic rings. The largest absolute Gasteiger partial charge is 0.383 e. The van der Waals surface area contributed by atoms with Gasteiger partial charge in [0.2, 0.25) is 11.8 Å². The van der Waals surface area contributed by atoms with E-state index in [-0.39, 0.29) is 41.3 Å². The molecular formula is C28H25FN10O2. The molecule has 1 amide bonds. The van der Waals surface area contributed by atoms with Crippen LogP contribution in [0.5, 0.6) is 0 Å². The van der Waals surface area contributed by atoms with E-state index >= 15 is 0 Å². The van der Waals surface area contributed by atoms with Gasteiger partial charge in [-0.05, 0) is 50.8 Å². The molecule has 0 spiro atoms. The van der Waals surface area contributed by atoms with Gasteiger partial charge < -0.3 is 10.6 Å². The first kappa shape index (κ1) is 24.9. The number of halogens is 1. The smallest absolute Gasteiger partial charge is 0.291 e. The highest BCUT2D eigenvalue weighted by molar-refractivity contribution is 6.00. The highest BCUT2D eigenvalue weighted by Gasteiger charge is 2.45. The van der Waals surface area contributed by atoms with Crippen LogP contribution in [-0.2, 0) is 0 Å². The van der Waals surface area contributed by atoms with Gasteiger partial charge in [-0.25, -0.2) is 15.0 Å². The van der Waals surface area contributed by atoms with Crippen LogP contribution >= 0.6 is 0 Å². The summed E-state index contributed by atoms with van der Waals surface area (Å²) in [7, 11) is 0. The normalized spacial score (nSPS) is 20.0. The van der Waals surface area contributed by atoms with Gasteiger partial charge >= 0.3 is 0 Å². The van der Waals surface area contributed by atoms with Gasteiger partial charge in [-0.15, -0.1) is 0 Å². The van der Waals surface area contributed by atoms with Crippen molar-refractivity contribution in [2.24, 2.45) is 0 Å². The van der Waals surface area contributed by atoms with Crippen molar-refractivity contribution in [2.75, 3.05) is 5.73 Å². The van der Waals surface area contributed by atoms with Gasteiger partial charge in [0.05, 0.1) is 28.7 Å². The van der Waals surface area contributed by atoms with E-state index in [9.17, 15) is 14.0 Å². The molecule has 2 fully saturated rings. The molecule has 5 aromatic heterocycles. The lowest BCUT2D eigenvalue weighted by atomic mass is 9.85. The Kier molecular flexibility index (Phi) is 5.80. The van der Waals surface area contributed by atoms with Crippen LogP contribution in [0.15, 0.2) is 49.2 Å². The van der Waals surface area contributed by atoms with E-state index in [1.165, 1.54) is 24.0 Å². The fourth-order valence-electron chi connectivity index (χ4n) is 6.35. The summed E-state index contributed by atoms with van der Waals surface area (Å²) in [5.74, 6) is -0.581. The van der Waals surface area contributed by atoms with Crippen molar-refractivity contribution in [3.05, 3.63) is 72.2 Å². The van der Waals surface area contributed by atoms with E-state index in [1.54, 1.807) is 30.6 Å². The van der Waals surface area contributed by atoms with Gasteiger partial charge in [0.1, 0.15) is 12.1 Å². The fourth-order valence-corrected chi connectivity index (χ4v) is 6.35. The highest BCUT2D eigenvalue weighted by atomic mass is 19.1. The van der Waals surface area contributed by atoms with Crippen LogP contribution in [0.4, 0.5) is 10.2 Å². The lowest BCUT2D eigenvalue weighted by Gasteiger charge is -2.38. The summed E-state index contributed by atoms with van der Waals surface area (Å²) in [6.45, 7) is 1.48. The third-order valence-corrected chi connectivity index (χ3v) is 8.14. The van der Waals surface area contributed by atoms with E-state index < -0.39 is 5.95 Å². The third-order valence-electron chi connectivity index (χ3n) is 8.14. The molecule has 0 saturated carbocycles. The number of hydrogen-bond acceptors (Lipinski definition) is 9.